The molecule has 2 aromatic rings. The van der Waals surface area contributed by atoms with Gasteiger partial charge in [-0.25, -0.2) is 13.8 Å². The molecule has 0 radical (unpaired) electrons. The molecule has 1 unspecified atom stereocenters. The first kappa shape index (κ1) is 26.4. The van der Waals surface area contributed by atoms with Crippen LogP contribution >= 0.6 is 11.3 Å². The van der Waals surface area contributed by atoms with E-state index in [2.05, 4.69) is 15.6 Å². The van der Waals surface area contributed by atoms with Crippen LogP contribution in [0, 0.1) is 17.8 Å². The molecule has 5 atom stereocenters. The van der Waals surface area contributed by atoms with Gasteiger partial charge in [0, 0.05) is 42.3 Å². The van der Waals surface area contributed by atoms with Gasteiger partial charge in [0.1, 0.15) is 17.1 Å². The SMILES string of the molecule is O=C(NCc1nccs1)C(=O)[C@@H](Cc1ccccc1)NC(=O)[C@H]1COCCN1C(=O)C1C[C@@H]2[C@H](C1)C2(F)F. The lowest BCUT2D eigenvalue weighted by molar-refractivity contribution is -0.153. The maximum atomic E-state index is 13.6. The van der Waals surface area contributed by atoms with Crippen molar-refractivity contribution in [2.45, 2.75) is 43.8 Å². The molecule has 9 nitrogen and oxygen atoms in total. The van der Waals surface area contributed by atoms with E-state index in [1.54, 1.807) is 35.8 Å². The Balaban J connectivity index is 1.26. The molecule has 5 rings (SSSR count). The number of alkyl halides is 2. The number of fused-ring (bicyclic) bond motifs is 1. The van der Waals surface area contributed by atoms with Crippen LogP contribution in [0.2, 0.25) is 0 Å². The zero-order chi connectivity index (χ0) is 26.9. The first-order chi connectivity index (χ1) is 18.3. The second-order valence-electron chi connectivity index (χ2n) is 9.90. The third-order valence-corrected chi connectivity index (χ3v) is 8.31. The summed E-state index contributed by atoms with van der Waals surface area (Å²) in [6.45, 7) is 0.354. The lowest BCUT2D eigenvalue weighted by Gasteiger charge is -2.37. The molecule has 1 aromatic carbocycles. The van der Waals surface area contributed by atoms with E-state index in [0.29, 0.717) is 5.01 Å². The summed E-state index contributed by atoms with van der Waals surface area (Å²) in [5.41, 5.74) is 0.734. The summed E-state index contributed by atoms with van der Waals surface area (Å²) >= 11 is 1.33. The van der Waals surface area contributed by atoms with Crippen molar-refractivity contribution >= 4 is 34.8 Å². The van der Waals surface area contributed by atoms with Gasteiger partial charge < -0.3 is 20.3 Å². The number of hydrogen-bond acceptors (Lipinski definition) is 7. The Morgan fingerprint density at radius 2 is 1.89 bits per heavy atom. The number of ketones is 1. The Kier molecular flexibility index (Phi) is 7.53. The second kappa shape index (κ2) is 10.9. The van der Waals surface area contributed by atoms with Crippen LogP contribution in [0.25, 0.3) is 0 Å². The minimum Gasteiger partial charge on any atom is -0.377 e. The fourth-order valence-corrected chi connectivity index (χ4v) is 5.96. The number of Topliss-reactive ketones (excluding diaryl/α,β-unsaturated/α-hetero) is 1. The summed E-state index contributed by atoms with van der Waals surface area (Å²) < 4.78 is 32.7. The van der Waals surface area contributed by atoms with Gasteiger partial charge in [-0.3, -0.25) is 19.2 Å². The summed E-state index contributed by atoms with van der Waals surface area (Å²) in [5, 5.41) is 7.58. The van der Waals surface area contributed by atoms with Crippen LogP contribution in [0.4, 0.5) is 8.78 Å². The van der Waals surface area contributed by atoms with E-state index in [0.717, 1.165) is 5.56 Å². The third-order valence-electron chi connectivity index (χ3n) is 7.53. The predicted octanol–water partition coefficient (Wildman–Crippen LogP) is 1.57. The number of nitrogens with zero attached hydrogens (tertiary/aromatic N) is 2. The Labute approximate surface area is 221 Å². The fraction of sp³-hybridized carbons (Fsp3) is 0.500. The summed E-state index contributed by atoms with van der Waals surface area (Å²) in [4.78, 5) is 57.8. The fourth-order valence-electron chi connectivity index (χ4n) is 5.40. The van der Waals surface area contributed by atoms with Crippen LogP contribution in [-0.2, 0) is 36.9 Å². The second-order valence-corrected chi connectivity index (χ2v) is 10.9. The molecule has 2 N–H and O–H groups in total. The summed E-state index contributed by atoms with van der Waals surface area (Å²) in [5.74, 6) is -7.44. The number of rotatable bonds is 9. The molecule has 3 aliphatic rings. The molecule has 12 heteroatoms. The van der Waals surface area contributed by atoms with E-state index in [4.69, 9.17) is 4.74 Å². The zero-order valence-corrected chi connectivity index (χ0v) is 21.3. The molecular weight excluding hydrogens is 518 g/mol. The monoisotopic (exact) mass is 546 g/mol. The Morgan fingerprint density at radius 3 is 2.58 bits per heavy atom. The first-order valence-corrected chi connectivity index (χ1v) is 13.4. The van der Waals surface area contributed by atoms with Gasteiger partial charge in [-0.2, -0.15) is 0 Å². The zero-order valence-electron chi connectivity index (χ0n) is 20.5. The van der Waals surface area contributed by atoms with Crippen LogP contribution < -0.4 is 10.6 Å². The van der Waals surface area contributed by atoms with Gasteiger partial charge in [-0.05, 0) is 18.4 Å². The number of aromatic nitrogens is 1. The van der Waals surface area contributed by atoms with Gasteiger partial charge in [0.2, 0.25) is 17.6 Å². The predicted molar refractivity (Wildman–Crippen MR) is 132 cm³/mol. The number of benzene rings is 1. The van der Waals surface area contributed by atoms with Crippen molar-refractivity contribution < 1.29 is 32.7 Å². The standard InChI is InChI=1S/C26H28F2N4O5S/c27-26(28)17-11-16(12-18(17)26)25(36)32-7-8-37-14-20(32)23(34)31-19(10-15-4-2-1-3-5-15)22(33)24(35)30-13-21-29-6-9-38-21/h1-6,9,16-20H,7-8,10-14H2,(H,30,35)(H,31,34)/t16?,17-,18+,19-,20-/m1/s1. The average molecular weight is 547 g/mol. The van der Waals surface area contributed by atoms with E-state index in [-0.39, 0.29) is 51.5 Å². The summed E-state index contributed by atoms with van der Waals surface area (Å²) in [7, 11) is 0. The number of ether oxygens (including phenoxy) is 1. The Hall–Kier alpha value is -3.25. The van der Waals surface area contributed by atoms with Gasteiger partial charge in [0.15, 0.2) is 0 Å². The van der Waals surface area contributed by atoms with Crippen LogP contribution in [0.15, 0.2) is 41.9 Å². The number of halogens is 2. The molecule has 0 bridgehead atoms. The number of carbonyl (C=O) groups excluding carboxylic acids is 4. The molecule has 38 heavy (non-hydrogen) atoms. The molecule has 3 fully saturated rings. The minimum atomic E-state index is -2.69. The van der Waals surface area contributed by atoms with E-state index in [1.165, 1.54) is 16.2 Å². The van der Waals surface area contributed by atoms with Crippen LogP contribution in [0.5, 0.6) is 0 Å². The van der Waals surface area contributed by atoms with Gasteiger partial charge >= 0.3 is 0 Å². The molecule has 2 aliphatic carbocycles. The van der Waals surface area contributed by atoms with E-state index < -0.39 is 53.4 Å². The van der Waals surface area contributed by atoms with Crippen molar-refractivity contribution in [2.75, 3.05) is 19.8 Å². The number of nitrogens with one attached hydrogen (secondary N) is 2. The van der Waals surface area contributed by atoms with Crippen LogP contribution in [0.1, 0.15) is 23.4 Å². The molecule has 2 saturated carbocycles. The highest BCUT2D eigenvalue weighted by Crippen LogP contribution is 2.65. The van der Waals surface area contributed by atoms with Gasteiger partial charge in [-0.15, -0.1) is 11.3 Å². The Bertz CT molecular complexity index is 1180. The van der Waals surface area contributed by atoms with Crippen molar-refractivity contribution in [3.05, 3.63) is 52.5 Å². The number of hydrogen-bond donors (Lipinski definition) is 2. The number of thiazole rings is 1. The summed E-state index contributed by atoms with van der Waals surface area (Å²) in [6.07, 6.45) is 1.87. The Morgan fingerprint density at radius 1 is 1.16 bits per heavy atom. The van der Waals surface area contributed by atoms with Crippen molar-refractivity contribution in [2.24, 2.45) is 17.8 Å². The highest BCUT2D eigenvalue weighted by molar-refractivity contribution is 7.09. The van der Waals surface area contributed by atoms with Crippen LogP contribution in [0.3, 0.4) is 0 Å². The maximum absolute atomic E-state index is 13.6. The molecule has 1 aromatic heterocycles. The topological polar surface area (TPSA) is 118 Å². The smallest absolute Gasteiger partial charge is 0.289 e. The molecule has 1 saturated heterocycles. The molecule has 202 valence electrons. The summed E-state index contributed by atoms with van der Waals surface area (Å²) in [6, 6.07) is 6.72. The van der Waals surface area contributed by atoms with Crippen LogP contribution in [-0.4, -0.2) is 71.2 Å². The lowest BCUT2D eigenvalue weighted by Crippen LogP contribution is -2.60. The quantitative estimate of drug-likeness (QED) is 0.461. The van der Waals surface area contributed by atoms with Crippen molar-refractivity contribution in [1.82, 2.24) is 20.5 Å². The van der Waals surface area contributed by atoms with Crippen molar-refractivity contribution in [3.8, 4) is 0 Å². The average Bonchev–Trinajstić information content (AvgIpc) is 3.41. The molecule has 1 aliphatic heterocycles. The molecule has 0 spiro atoms. The van der Waals surface area contributed by atoms with E-state index >= 15 is 0 Å². The van der Waals surface area contributed by atoms with E-state index in [9.17, 15) is 28.0 Å². The van der Waals surface area contributed by atoms with Gasteiger partial charge in [0.25, 0.3) is 11.8 Å². The van der Waals surface area contributed by atoms with Crippen molar-refractivity contribution in [3.63, 3.8) is 0 Å². The van der Waals surface area contributed by atoms with E-state index in [1.807, 2.05) is 6.07 Å². The highest BCUT2D eigenvalue weighted by atomic mass is 32.1. The van der Waals surface area contributed by atoms with Crippen molar-refractivity contribution in [1.29, 1.82) is 0 Å². The number of amides is 3. The maximum Gasteiger partial charge on any atom is 0.289 e. The minimum absolute atomic E-state index is 0.0681. The highest BCUT2D eigenvalue weighted by Gasteiger charge is 2.72. The normalized spacial score (nSPS) is 26.2. The largest absolute Gasteiger partial charge is 0.377 e. The first-order valence-electron chi connectivity index (χ1n) is 12.6. The number of morpholine rings is 1. The number of carbonyl (C=O) groups is 4. The van der Waals surface area contributed by atoms with Gasteiger partial charge in [-0.1, -0.05) is 30.3 Å². The third kappa shape index (κ3) is 5.46. The molecular formula is C26H28F2N4O5S. The molecule has 3 amide bonds. The molecule has 2 heterocycles. The lowest BCUT2D eigenvalue weighted by atomic mass is 9.98. The van der Waals surface area contributed by atoms with Gasteiger partial charge in [0.05, 0.1) is 19.8 Å².